The maximum Gasteiger partial charge on any atom is 0.323 e. The number of nitrogens with two attached hydrogens (primary N) is 1. The molecule has 160 valence electrons. The molecule has 0 amide bonds. The molecule has 0 bridgehead atoms. The zero-order chi connectivity index (χ0) is 20.9. The van der Waals surface area contributed by atoms with Crippen LogP contribution in [-0.2, 0) is 16.0 Å². The van der Waals surface area contributed by atoms with Gasteiger partial charge in [-0.1, -0.05) is 52.2 Å². The Bertz CT molecular complexity index is 550. The lowest BCUT2D eigenvalue weighted by Crippen LogP contribution is -2.51. The number of carbonyl (C=O) groups is 1. The summed E-state index contributed by atoms with van der Waals surface area (Å²) in [7, 11) is 1.43. The summed E-state index contributed by atoms with van der Waals surface area (Å²) in [6.45, 7) is 7.65. The second-order valence-electron chi connectivity index (χ2n) is 7.67. The summed E-state index contributed by atoms with van der Waals surface area (Å²) in [6.07, 6.45) is 4.94. The van der Waals surface area contributed by atoms with Gasteiger partial charge >= 0.3 is 5.97 Å². The molecule has 0 saturated carbocycles. The van der Waals surface area contributed by atoms with Crippen molar-refractivity contribution in [3.8, 4) is 5.75 Å². The minimum atomic E-state index is -0.326. The number of ether oxygens (including phenoxy) is 1. The Morgan fingerprint density at radius 1 is 1.18 bits per heavy atom. The number of unbranched alkanes of at least 4 members (excludes halogenated alkanes) is 1. The monoisotopic (exact) mass is 393 g/mol. The van der Waals surface area contributed by atoms with Gasteiger partial charge in [0.05, 0.1) is 7.11 Å². The van der Waals surface area contributed by atoms with Crippen LogP contribution in [0.15, 0.2) is 24.3 Å². The van der Waals surface area contributed by atoms with Crippen LogP contribution < -0.4 is 16.4 Å². The number of benzene rings is 1. The van der Waals surface area contributed by atoms with E-state index in [1.54, 1.807) is 12.1 Å². The molecule has 0 aromatic heterocycles. The predicted molar refractivity (Wildman–Crippen MR) is 114 cm³/mol. The van der Waals surface area contributed by atoms with Crippen LogP contribution in [0.3, 0.4) is 0 Å². The molecule has 6 heteroatoms. The standard InChI is InChI=1S/C22H39N3O3/c1-5-7-8-18(23)14-24-19(13-17-9-11-20(26)12-10-17)15-25-21(16(3)6-2)22(27)28-4/h9-12,16,18-19,21,24-26H,5-8,13-15,23H2,1-4H3/t16?,18-,19-,21-/m0/s1. The lowest BCUT2D eigenvalue weighted by molar-refractivity contribution is -0.144. The smallest absolute Gasteiger partial charge is 0.323 e. The zero-order valence-corrected chi connectivity index (χ0v) is 17.9. The summed E-state index contributed by atoms with van der Waals surface area (Å²) in [6, 6.07) is 7.16. The van der Waals surface area contributed by atoms with Crippen LogP contribution in [0.4, 0.5) is 0 Å². The number of aromatic hydroxyl groups is 1. The van der Waals surface area contributed by atoms with Crippen molar-refractivity contribution in [3.63, 3.8) is 0 Å². The quantitative estimate of drug-likeness (QED) is 0.363. The van der Waals surface area contributed by atoms with Crippen molar-refractivity contribution in [3.05, 3.63) is 29.8 Å². The minimum absolute atomic E-state index is 0.119. The highest BCUT2D eigenvalue weighted by molar-refractivity contribution is 5.75. The van der Waals surface area contributed by atoms with Crippen molar-refractivity contribution < 1.29 is 14.6 Å². The van der Waals surface area contributed by atoms with Crippen molar-refractivity contribution in [2.24, 2.45) is 11.7 Å². The molecule has 4 atom stereocenters. The molecule has 0 heterocycles. The molecule has 1 rings (SSSR count). The van der Waals surface area contributed by atoms with Gasteiger partial charge in [-0.05, 0) is 36.5 Å². The lowest BCUT2D eigenvalue weighted by Gasteiger charge is -2.27. The molecule has 1 aromatic carbocycles. The third kappa shape index (κ3) is 9.04. The highest BCUT2D eigenvalue weighted by atomic mass is 16.5. The van der Waals surface area contributed by atoms with Crippen molar-refractivity contribution in [2.75, 3.05) is 20.2 Å². The molecule has 0 fully saturated rings. The summed E-state index contributed by atoms with van der Waals surface area (Å²) >= 11 is 0. The third-order valence-electron chi connectivity index (χ3n) is 5.27. The first kappa shape index (κ1) is 24.4. The Labute approximate surface area is 170 Å². The molecule has 1 aromatic rings. The fourth-order valence-corrected chi connectivity index (χ4v) is 3.17. The van der Waals surface area contributed by atoms with E-state index in [4.69, 9.17) is 10.5 Å². The molecule has 0 aliphatic carbocycles. The number of phenolic OH excluding ortho intramolecular Hbond substituents is 1. The number of nitrogens with one attached hydrogen (secondary N) is 2. The number of carbonyl (C=O) groups excluding carboxylic acids is 1. The van der Waals surface area contributed by atoms with Gasteiger partial charge in [0.25, 0.3) is 0 Å². The van der Waals surface area contributed by atoms with E-state index in [1.807, 2.05) is 12.1 Å². The summed E-state index contributed by atoms with van der Waals surface area (Å²) < 4.78 is 4.97. The van der Waals surface area contributed by atoms with Gasteiger partial charge in [0.1, 0.15) is 11.8 Å². The van der Waals surface area contributed by atoms with Crippen molar-refractivity contribution in [1.29, 1.82) is 0 Å². The van der Waals surface area contributed by atoms with Gasteiger partial charge in [-0.3, -0.25) is 4.79 Å². The summed E-state index contributed by atoms with van der Waals surface area (Å²) in [5, 5.41) is 16.5. The second-order valence-corrected chi connectivity index (χ2v) is 7.67. The molecule has 1 unspecified atom stereocenters. The van der Waals surface area contributed by atoms with E-state index in [0.717, 1.165) is 44.2 Å². The zero-order valence-electron chi connectivity index (χ0n) is 17.9. The van der Waals surface area contributed by atoms with Crippen molar-refractivity contribution in [1.82, 2.24) is 10.6 Å². The van der Waals surface area contributed by atoms with Crippen molar-refractivity contribution in [2.45, 2.75) is 71.0 Å². The molecule has 0 spiro atoms. The predicted octanol–water partition coefficient (Wildman–Crippen LogP) is 2.59. The second kappa shape index (κ2) is 13.5. The highest BCUT2D eigenvalue weighted by Crippen LogP contribution is 2.13. The summed E-state index contributed by atoms with van der Waals surface area (Å²) in [4.78, 5) is 12.2. The van der Waals surface area contributed by atoms with Gasteiger partial charge in [0, 0.05) is 25.2 Å². The van der Waals surface area contributed by atoms with Crippen LogP contribution in [-0.4, -0.2) is 49.4 Å². The van der Waals surface area contributed by atoms with E-state index in [2.05, 4.69) is 31.4 Å². The molecule has 0 aliphatic heterocycles. The van der Waals surface area contributed by atoms with Crippen LogP contribution >= 0.6 is 0 Å². The number of hydrogen-bond acceptors (Lipinski definition) is 6. The van der Waals surface area contributed by atoms with Crippen LogP contribution in [0, 0.1) is 5.92 Å². The Hall–Kier alpha value is -1.63. The Morgan fingerprint density at radius 3 is 2.43 bits per heavy atom. The highest BCUT2D eigenvalue weighted by Gasteiger charge is 2.25. The van der Waals surface area contributed by atoms with E-state index in [0.29, 0.717) is 6.54 Å². The van der Waals surface area contributed by atoms with Crippen molar-refractivity contribution >= 4 is 5.97 Å². The third-order valence-corrected chi connectivity index (χ3v) is 5.27. The summed E-state index contributed by atoms with van der Waals surface area (Å²) in [5.74, 6) is 0.224. The number of esters is 1. The SMILES string of the molecule is CCCC[C@H](N)CN[C@H](CN[C@H](C(=O)OC)C(C)CC)Cc1ccc(O)cc1. The minimum Gasteiger partial charge on any atom is -0.508 e. The molecular weight excluding hydrogens is 354 g/mol. The molecule has 0 saturated heterocycles. The van der Waals surface area contributed by atoms with Crippen LogP contribution in [0.2, 0.25) is 0 Å². The molecule has 0 aliphatic rings. The lowest BCUT2D eigenvalue weighted by atomic mass is 9.98. The summed E-state index contributed by atoms with van der Waals surface area (Å²) in [5.41, 5.74) is 7.35. The first-order chi connectivity index (χ1) is 13.4. The molecule has 28 heavy (non-hydrogen) atoms. The van der Waals surface area contributed by atoms with Gasteiger partial charge in [-0.25, -0.2) is 0 Å². The average Bonchev–Trinajstić information content (AvgIpc) is 2.71. The Balaban J connectivity index is 2.74. The maximum atomic E-state index is 12.2. The molecule has 5 N–H and O–H groups in total. The maximum absolute atomic E-state index is 12.2. The fraction of sp³-hybridized carbons (Fsp3) is 0.682. The van der Waals surface area contributed by atoms with E-state index >= 15 is 0 Å². The number of methoxy groups -OCH3 is 1. The van der Waals surface area contributed by atoms with Crippen LogP contribution in [0.5, 0.6) is 5.75 Å². The van der Waals surface area contributed by atoms with E-state index in [9.17, 15) is 9.90 Å². The van der Waals surface area contributed by atoms with Gasteiger partial charge in [-0.2, -0.15) is 0 Å². The first-order valence-corrected chi connectivity index (χ1v) is 10.5. The van der Waals surface area contributed by atoms with E-state index < -0.39 is 0 Å². The normalized spacial score (nSPS) is 15.6. The Kier molecular flexibility index (Phi) is 11.8. The number of rotatable bonds is 14. The van der Waals surface area contributed by atoms with E-state index in [1.165, 1.54) is 7.11 Å². The van der Waals surface area contributed by atoms with Gasteiger partial charge in [0.15, 0.2) is 0 Å². The number of hydrogen-bond donors (Lipinski definition) is 4. The first-order valence-electron chi connectivity index (χ1n) is 10.5. The molecule has 6 nitrogen and oxygen atoms in total. The Morgan fingerprint density at radius 2 is 1.86 bits per heavy atom. The number of phenols is 1. The van der Waals surface area contributed by atoms with Gasteiger partial charge in [-0.15, -0.1) is 0 Å². The van der Waals surface area contributed by atoms with E-state index in [-0.39, 0.29) is 35.8 Å². The molecular formula is C22H39N3O3. The van der Waals surface area contributed by atoms with Gasteiger partial charge < -0.3 is 26.2 Å². The average molecular weight is 394 g/mol. The van der Waals surface area contributed by atoms with Crippen LogP contribution in [0.1, 0.15) is 52.0 Å². The largest absolute Gasteiger partial charge is 0.508 e. The van der Waals surface area contributed by atoms with Crippen LogP contribution in [0.25, 0.3) is 0 Å². The fourth-order valence-electron chi connectivity index (χ4n) is 3.17. The van der Waals surface area contributed by atoms with Gasteiger partial charge in [0.2, 0.25) is 0 Å². The topological polar surface area (TPSA) is 96.6 Å². The molecule has 0 radical (unpaired) electrons.